The molecule has 0 aliphatic carbocycles. The highest BCUT2D eigenvalue weighted by molar-refractivity contribution is 6.34. The van der Waals surface area contributed by atoms with Crippen LogP contribution in [-0.2, 0) is 0 Å². The third-order valence-corrected chi connectivity index (χ3v) is 3.75. The molecule has 0 fully saturated rings. The van der Waals surface area contributed by atoms with E-state index in [9.17, 15) is 9.59 Å². The minimum Gasteiger partial charge on any atom is -0.268 e. The van der Waals surface area contributed by atoms with Crippen molar-refractivity contribution in [2.45, 2.75) is 6.92 Å². The fraction of sp³-hybridized carbons (Fsp3) is 0.0625. The summed E-state index contributed by atoms with van der Waals surface area (Å²) in [5.41, 5.74) is 2.01. The first-order chi connectivity index (χ1) is 11.2. The van der Waals surface area contributed by atoms with Crippen LogP contribution >= 0.6 is 0 Å². The molecule has 2 amide bonds. The summed E-state index contributed by atoms with van der Waals surface area (Å²) in [5.74, 6) is -0.0307. The number of carbonyl (C=O) groups is 2. The van der Waals surface area contributed by atoms with Crippen LogP contribution in [0.15, 0.2) is 48.5 Å². The van der Waals surface area contributed by atoms with Crippen molar-refractivity contribution in [1.29, 1.82) is 0 Å². The third kappa shape index (κ3) is 1.94. The Morgan fingerprint density at radius 3 is 2.13 bits per heavy atom. The highest BCUT2D eigenvalue weighted by Crippen LogP contribution is 2.29. The second-order valence-corrected chi connectivity index (χ2v) is 5.15. The summed E-state index contributed by atoms with van der Waals surface area (Å²) in [5, 5.41) is 11.3. The van der Waals surface area contributed by atoms with Gasteiger partial charge in [0.2, 0.25) is 0 Å². The third-order valence-electron chi connectivity index (χ3n) is 3.75. The van der Waals surface area contributed by atoms with Crippen molar-refractivity contribution in [1.82, 2.24) is 20.2 Å². The smallest absolute Gasteiger partial charge is 0.266 e. The summed E-state index contributed by atoms with van der Waals surface area (Å²) in [4.78, 5) is 26.2. The number of benzene rings is 2. The van der Waals surface area contributed by atoms with Crippen LogP contribution in [0.3, 0.4) is 0 Å². The molecule has 7 nitrogen and oxygen atoms in total. The minimum absolute atomic E-state index is 0.323. The van der Waals surface area contributed by atoms with Crippen LogP contribution in [0.5, 0.6) is 0 Å². The second kappa shape index (κ2) is 4.84. The van der Waals surface area contributed by atoms with E-state index in [0.29, 0.717) is 28.3 Å². The molecule has 3 aromatic rings. The Bertz CT molecular complexity index is 912. The standard InChI is InChI=1S/C16H11N5O2/c1-10-17-18-19-21(10)12-6-4-5-11(9-12)20-15(22)13-7-2-3-8-14(13)16(20)23/h2-9H,1H3. The van der Waals surface area contributed by atoms with Gasteiger partial charge < -0.3 is 0 Å². The van der Waals surface area contributed by atoms with Gasteiger partial charge in [0.25, 0.3) is 11.8 Å². The monoisotopic (exact) mass is 305 g/mol. The van der Waals surface area contributed by atoms with Crippen LogP contribution in [0.1, 0.15) is 26.5 Å². The molecular formula is C16H11N5O2. The second-order valence-electron chi connectivity index (χ2n) is 5.15. The van der Waals surface area contributed by atoms with E-state index in [1.807, 2.05) is 6.07 Å². The van der Waals surface area contributed by atoms with Crippen molar-refractivity contribution in [3.05, 3.63) is 65.5 Å². The normalized spacial score (nSPS) is 13.5. The maximum atomic E-state index is 12.5. The van der Waals surface area contributed by atoms with Crippen LogP contribution in [0.4, 0.5) is 5.69 Å². The van der Waals surface area contributed by atoms with E-state index in [4.69, 9.17) is 0 Å². The molecule has 0 saturated heterocycles. The molecule has 4 rings (SSSR count). The van der Waals surface area contributed by atoms with Gasteiger partial charge in [0.15, 0.2) is 5.82 Å². The number of imide groups is 1. The number of hydrogen-bond acceptors (Lipinski definition) is 5. The molecule has 1 aliphatic heterocycles. The van der Waals surface area contributed by atoms with Crippen molar-refractivity contribution in [3.63, 3.8) is 0 Å². The SMILES string of the molecule is Cc1nnnn1-c1cccc(N2C(=O)c3ccccc3C2=O)c1. The van der Waals surface area contributed by atoms with Crippen LogP contribution < -0.4 is 4.90 Å². The molecule has 2 aromatic carbocycles. The maximum absolute atomic E-state index is 12.5. The Morgan fingerprint density at radius 2 is 1.52 bits per heavy atom. The predicted molar refractivity (Wildman–Crippen MR) is 81.5 cm³/mol. The largest absolute Gasteiger partial charge is 0.268 e. The lowest BCUT2D eigenvalue weighted by molar-refractivity contribution is 0.0926. The maximum Gasteiger partial charge on any atom is 0.266 e. The van der Waals surface area contributed by atoms with Gasteiger partial charge in [-0.15, -0.1) is 5.10 Å². The predicted octanol–water partition coefficient (Wildman–Crippen LogP) is 1.77. The average molecular weight is 305 g/mol. The molecule has 0 unspecified atom stereocenters. The van der Waals surface area contributed by atoms with E-state index in [-0.39, 0.29) is 11.8 Å². The van der Waals surface area contributed by atoms with Gasteiger partial charge in [-0.3, -0.25) is 9.59 Å². The lowest BCUT2D eigenvalue weighted by atomic mass is 10.1. The zero-order valence-electron chi connectivity index (χ0n) is 12.2. The molecule has 0 bridgehead atoms. The molecule has 1 aromatic heterocycles. The number of hydrogen-bond donors (Lipinski definition) is 0. The number of carbonyl (C=O) groups excluding carboxylic acids is 2. The van der Waals surface area contributed by atoms with Crippen molar-refractivity contribution >= 4 is 17.5 Å². The van der Waals surface area contributed by atoms with Gasteiger partial charge in [-0.05, 0) is 47.7 Å². The van der Waals surface area contributed by atoms with Gasteiger partial charge in [-0.1, -0.05) is 18.2 Å². The van der Waals surface area contributed by atoms with Gasteiger partial charge in [-0.2, -0.15) is 4.68 Å². The number of tetrazole rings is 1. The molecule has 112 valence electrons. The quantitative estimate of drug-likeness (QED) is 0.674. The van der Waals surface area contributed by atoms with Crippen molar-refractivity contribution in [2.24, 2.45) is 0 Å². The summed E-state index contributed by atoms with van der Waals surface area (Å²) in [6.07, 6.45) is 0. The Balaban J connectivity index is 1.80. The summed E-state index contributed by atoms with van der Waals surface area (Å²) in [6.45, 7) is 1.77. The van der Waals surface area contributed by atoms with Crippen molar-refractivity contribution in [2.75, 3.05) is 4.90 Å². The Hall–Kier alpha value is -3.35. The zero-order chi connectivity index (χ0) is 16.0. The first-order valence-corrected chi connectivity index (χ1v) is 7.00. The number of aromatic nitrogens is 4. The number of aryl methyl sites for hydroxylation is 1. The van der Waals surface area contributed by atoms with Gasteiger partial charge >= 0.3 is 0 Å². The zero-order valence-corrected chi connectivity index (χ0v) is 12.2. The van der Waals surface area contributed by atoms with E-state index in [2.05, 4.69) is 15.5 Å². The summed E-state index contributed by atoms with van der Waals surface area (Å²) >= 11 is 0. The van der Waals surface area contributed by atoms with Gasteiger partial charge in [0, 0.05) is 0 Å². The van der Waals surface area contributed by atoms with E-state index in [1.165, 1.54) is 4.90 Å². The Labute approximate surface area is 131 Å². The average Bonchev–Trinajstić information content (AvgIpc) is 3.11. The molecule has 1 aliphatic rings. The number of fused-ring (bicyclic) bond motifs is 1. The number of rotatable bonds is 2. The lowest BCUT2D eigenvalue weighted by Crippen LogP contribution is -2.29. The van der Waals surface area contributed by atoms with Gasteiger partial charge in [0.1, 0.15) is 0 Å². The highest BCUT2D eigenvalue weighted by Gasteiger charge is 2.36. The van der Waals surface area contributed by atoms with Crippen molar-refractivity contribution in [3.8, 4) is 5.69 Å². The molecule has 0 radical (unpaired) electrons. The molecule has 23 heavy (non-hydrogen) atoms. The van der Waals surface area contributed by atoms with Crippen LogP contribution in [0, 0.1) is 6.92 Å². The first kappa shape index (κ1) is 13.3. The highest BCUT2D eigenvalue weighted by atomic mass is 16.2. The molecule has 0 N–H and O–H groups in total. The molecule has 2 heterocycles. The van der Waals surface area contributed by atoms with Crippen LogP contribution in [-0.4, -0.2) is 32.0 Å². The van der Waals surface area contributed by atoms with E-state index < -0.39 is 0 Å². The van der Waals surface area contributed by atoms with Crippen LogP contribution in [0.2, 0.25) is 0 Å². The fourth-order valence-corrected chi connectivity index (χ4v) is 2.66. The van der Waals surface area contributed by atoms with E-state index in [0.717, 1.165) is 0 Å². The minimum atomic E-state index is -0.323. The van der Waals surface area contributed by atoms with Crippen LogP contribution in [0.25, 0.3) is 5.69 Å². The van der Waals surface area contributed by atoms with Gasteiger partial charge in [-0.25, -0.2) is 4.90 Å². The lowest BCUT2D eigenvalue weighted by Gasteiger charge is -2.15. The number of amides is 2. The summed E-state index contributed by atoms with van der Waals surface area (Å²) in [7, 11) is 0. The molecular weight excluding hydrogens is 294 g/mol. The molecule has 0 saturated carbocycles. The summed E-state index contributed by atoms with van der Waals surface area (Å²) in [6, 6.07) is 13.8. The first-order valence-electron chi connectivity index (χ1n) is 7.00. The molecule has 0 atom stereocenters. The van der Waals surface area contributed by atoms with E-state index in [1.54, 1.807) is 54.1 Å². The fourth-order valence-electron chi connectivity index (χ4n) is 2.66. The number of anilines is 1. The molecule has 0 spiro atoms. The van der Waals surface area contributed by atoms with Crippen molar-refractivity contribution < 1.29 is 9.59 Å². The Kier molecular flexibility index (Phi) is 2.80. The topological polar surface area (TPSA) is 81.0 Å². The Morgan fingerprint density at radius 1 is 0.870 bits per heavy atom. The number of nitrogens with zero attached hydrogens (tertiary/aromatic N) is 5. The van der Waals surface area contributed by atoms with E-state index >= 15 is 0 Å². The summed E-state index contributed by atoms with van der Waals surface area (Å²) < 4.78 is 1.54. The van der Waals surface area contributed by atoms with Gasteiger partial charge in [0.05, 0.1) is 22.5 Å². The molecule has 7 heteroatoms.